The van der Waals surface area contributed by atoms with Crippen molar-refractivity contribution in [3.8, 4) is 0 Å². The second-order valence-corrected chi connectivity index (χ2v) is 7.15. The molecule has 1 unspecified atom stereocenters. The van der Waals surface area contributed by atoms with Crippen LogP contribution in [0.1, 0.15) is 12.5 Å². The highest BCUT2D eigenvalue weighted by Gasteiger charge is 2.23. The molecule has 0 radical (unpaired) electrons. The monoisotopic (exact) mass is 371 g/mol. The maximum Gasteiger partial charge on any atom is 0.324 e. The normalized spacial score (nSPS) is 12.6. The van der Waals surface area contributed by atoms with E-state index in [0.717, 1.165) is 0 Å². The first-order valence-corrected chi connectivity index (χ1v) is 8.83. The van der Waals surface area contributed by atoms with Gasteiger partial charge in [0.2, 0.25) is 10.0 Å². The van der Waals surface area contributed by atoms with E-state index in [1.165, 1.54) is 49.4 Å². The number of benzene rings is 2. The predicted octanol–water partition coefficient (Wildman–Crippen LogP) is 2.89. The van der Waals surface area contributed by atoms with Gasteiger partial charge in [0.15, 0.2) is 0 Å². The van der Waals surface area contributed by atoms with E-state index < -0.39 is 27.9 Å². The molecule has 5 nitrogen and oxygen atoms in total. The molecular formula is C16H15ClFNO4S. The van der Waals surface area contributed by atoms with Gasteiger partial charge in [0.05, 0.1) is 4.90 Å². The summed E-state index contributed by atoms with van der Waals surface area (Å²) in [6, 6.07) is 10.2. The van der Waals surface area contributed by atoms with Crippen LogP contribution in [0.3, 0.4) is 0 Å². The van der Waals surface area contributed by atoms with Crippen LogP contribution in [0.15, 0.2) is 53.4 Å². The summed E-state index contributed by atoms with van der Waals surface area (Å²) in [4.78, 5) is 11.9. The van der Waals surface area contributed by atoms with E-state index in [0.29, 0.717) is 5.02 Å². The summed E-state index contributed by atoms with van der Waals surface area (Å²) < 4.78 is 44.9. The van der Waals surface area contributed by atoms with Crippen molar-refractivity contribution in [2.24, 2.45) is 0 Å². The van der Waals surface area contributed by atoms with Crippen LogP contribution in [0.4, 0.5) is 4.39 Å². The van der Waals surface area contributed by atoms with Crippen LogP contribution in [-0.4, -0.2) is 20.4 Å². The average Bonchev–Trinajstić information content (AvgIpc) is 2.53. The van der Waals surface area contributed by atoms with Gasteiger partial charge in [-0.2, -0.15) is 4.72 Å². The predicted molar refractivity (Wildman–Crippen MR) is 87.4 cm³/mol. The molecule has 8 heteroatoms. The lowest BCUT2D eigenvalue weighted by molar-refractivity contribution is -0.146. The van der Waals surface area contributed by atoms with E-state index >= 15 is 0 Å². The Balaban J connectivity index is 1.98. The Kier molecular flexibility index (Phi) is 5.93. The van der Waals surface area contributed by atoms with Crippen LogP contribution in [0.25, 0.3) is 0 Å². The van der Waals surface area contributed by atoms with E-state index in [-0.39, 0.29) is 17.1 Å². The fourth-order valence-electron chi connectivity index (χ4n) is 1.85. The van der Waals surface area contributed by atoms with Crippen molar-refractivity contribution >= 4 is 27.6 Å². The Morgan fingerprint density at radius 3 is 2.46 bits per heavy atom. The summed E-state index contributed by atoms with van der Waals surface area (Å²) in [7, 11) is -3.90. The largest absolute Gasteiger partial charge is 0.460 e. The molecule has 0 saturated heterocycles. The number of ether oxygens (including phenoxy) is 1. The first-order chi connectivity index (χ1) is 11.3. The molecule has 0 amide bonds. The average molecular weight is 372 g/mol. The summed E-state index contributed by atoms with van der Waals surface area (Å²) in [6.07, 6.45) is 0. The number of rotatable bonds is 6. The molecule has 128 valence electrons. The maximum atomic E-state index is 13.5. The maximum absolute atomic E-state index is 13.5. The van der Waals surface area contributed by atoms with Gasteiger partial charge in [-0.25, -0.2) is 12.8 Å². The van der Waals surface area contributed by atoms with Crippen LogP contribution >= 0.6 is 11.6 Å². The number of esters is 1. The fourth-order valence-corrected chi connectivity index (χ4v) is 3.17. The van der Waals surface area contributed by atoms with Crippen molar-refractivity contribution < 1.29 is 22.3 Å². The fraction of sp³-hybridized carbons (Fsp3) is 0.188. The van der Waals surface area contributed by atoms with Crippen LogP contribution in [0.5, 0.6) is 0 Å². The van der Waals surface area contributed by atoms with Crippen LogP contribution in [0.2, 0.25) is 5.02 Å². The van der Waals surface area contributed by atoms with E-state index in [1.54, 1.807) is 6.07 Å². The quantitative estimate of drug-likeness (QED) is 0.792. The van der Waals surface area contributed by atoms with Gasteiger partial charge >= 0.3 is 5.97 Å². The molecule has 0 heterocycles. The number of carbonyl (C=O) groups is 1. The number of hydrogen-bond donors (Lipinski definition) is 1. The summed E-state index contributed by atoms with van der Waals surface area (Å²) in [6.45, 7) is 1.07. The first-order valence-electron chi connectivity index (χ1n) is 6.97. The molecule has 0 aliphatic rings. The van der Waals surface area contributed by atoms with Crippen molar-refractivity contribution in [2.75, 3.05) is 0 Å². The third-order valence-corrected chi connectivity index (χ3v) is 4.95. The van der Waals surface area contributed by atoms with Gasteiger partial charge in [-0.3, -0.25) is 4.79 Å². The van der Waals surface area contributed by atoms with Crippen molar-refractivity contribution in [3.05, 3.63) is 64.9 Å². The van der Waals surface area contributed by atoms with Gasteiger partial charge < -0.3 is 4.74 Å². The molecule has 0 bridgehead atoms. The number of halogens is 2. The summed E-state index contributed by atoms with van der Waals surface area (Å²) in [5.41, 5.74) is 0.207. The molecule has 2 aromatic rings. The summed E-state index contributed by atoms with van der Waals surface area (Å²) >= 11 is 5.71. The number of hydrogen-bond acceptors (Lipinski definition) is 4. The molecule has 0 spiro atoms. The van der Waals surface area contributed by atoms with Crippen LogP contribution in [0, 0.1) is 5.82 Å². The molecule has 2 rings (SSSR count). The summed E-state index contributed by atoms with van der Waals surface area (Å²) in [5.74, 6) is -1.31. The topological polar surface area (TPSA) is 72.5 Å². The number of nitrogens with one attached hydrogen (secondary N) is 1. The molecule has 1 atom stereocenters. The van der Waals surface area contributed by atoms with Gasteiger partial charge in [-0.15, -0.1) is 0 Å². The Morgan fingerprint density at radius 2 is 1.83 bits per heavy atom. The van der Waals surface area contributed by atoms with E-state index in [2.05, 4.69) is 4.72 Å². The van der Waals surface area contributed by atoms with Crippen molar-refractivity contribution in [1.82, 2.24) is 4.72 Å². The Morgan fingerprint density at radius 1 is 1.21 bits per heavy atom. The lowest BCUT2D eigenvalue weighted by Crippen LogP contribution is -2.39. The van der Waals surface area contributed by atoms with Gasteiger partial charge in [-0.05, 0) is 37.3 Å². The van der Waals surface area contributed by atoms with Gasteiger partial charge in [-0.1, -0.05) is 29.8 Å². The zero-order chi connectivity index (χ0) is 17.7. The van der Waals surface area contributed by atoms with Crippen molar-refractivity contribution in [2.45, 2.75) is 24.5 Å². The Bertz CT molecular complexity index is 824. The Labute approximate surface area is 144 Å². The van der Waals surface area contributed by atoms with E-state index in [1.807, 2.05) is 0 Å². The zero-order valence-electron chi connectivity index (χ0n) is 12.7. The second-order valence-electron chi connectivity index (χ2n) is 5.00. The Hall–Kier alpha value is -1.96. The highest BCUT2D eigenvalue weighted by molar-refractivity contribution is 7.89. The standard InChI is InChI=1S/C16H15ClFNO4S/c1-11(16(20)23-10-12-4-2-3-5-15(12)18)19-24(21,22)14-8-6-13(17)7-9-14/h2-9,11,19H,10H2,1H3. The minimum absolute atomic E-state index is 0.0272. The zero-order valence-corrected chi connectivity index (χ0v) is 14.3. The molecular weight excluding hydrogens is 357 g/mol. The third kappa shape index (κ3) is 4.77. The minimum atomic E-state index is -3.90. The second kappa shape index (κ2) is 7.74. The molecule has 0 aliphatic heterocycles. The third-order valence-electron chi connectivity index (χ3n) is 3.14. The van der Waals surface area contributed by atoms with Gasteiger partial charge in [0.1, 0.15) is 18.5 Å². The minimum Gasteiger partial charge on any atom is -0.460 e. The molecule has 24 heavy (non-hydrogen) atoms. The molecule has 2 aromatic carbocycles. The SMILES string of the molecule is CC(NS(=O)(=O)c1ccc(Cl)cc1)C(=O)OCc1ccccc1F. The lowest BCUT2D eigenvalue weighted by atomic mass is 10.2. The van der Waals surface area contributed by atoms with E-state index in [4.69, 9.17) is 16.3 Å². The van der Waals surface area contributed by atoms with Crippen molar-refractivity contribution in [1.29, 1.82) is 0 Å². The molecule has 1 N–H and O–H groups in total. The molecule has 0 fully saturated rings. The molecule has 0 saturated carbocycles. The first kappa shape index (κ1) is 18.4. The highest BCUT2D eigenvalue weighted by Crippen LogP contribution is 2.14. The smallest absolute Gasteiger partial charge is 0.324 e. The molecule has 0 aromatic heterocycles. The molecule has 0 aliphatic carbocycles. The van der Waals surface area contributed by atoms with Gasteiger partial charge in [0.25, 0.3) is 0 Å². The van der Waals surface area contributed by atoms with Crippen LogP contribution in [-0.2, 0) is 26.2 Å². The lowest BCUT2D eigenvalue weighted by Gasteiger charge is -2.14. The van der Waals surface area contributed by atoms with E-state index in [9.17, 15) is 17.6 Å². The number of sulfonamides is 1. The van der Waals surface area contributed by atoms with Crippen LogP contribution < -0.4 is 4.72 Å². The van der Waals surface area contributed by atoms with Crippen molar-refractivity contribution in [3.63, 3.8) is 0 Å². The highest BCUT2D eigenvalue weighted by atomic mass is 35.5. The summed E-state index contributed by atoms with van der Waals surface area (Å²) in [5, 5.41) is 0.395. The van der Waals surface area contributed by atoms with Gasteiger partial charge in [0, 0.05) is 10.6 Å². The number of carbonyl (C=O) groups excluding carboxylic acids is 1.